The summed E-state index contributed by atoms with van der Waals surface area (Å²) in [5.41, 5.74) is 7.24. The molecule has 2 rings (SSSR count). The smallest absolute Gasteiger partial charge is 0.126 e. The van der Waals surface area contributed by atoms with Gasteiger partial charge < -0.3 is 5.73 Å². The average molecular weight is 263 g/mol. The zero-order valence-electron chi connectivity index (χ0n) is 12.3. The maximum absolute atomic E-state index is 13.9. The van der Waals surface area contributed by atoms with E-state index in [9.17, 15) is 4.39 Å². The van der Waals surface area contributed by atoms with Crippen LogP contribution in [0.2, 0.25) is 0 Å². The van der Waals surface area contributed by atoms with Crippen molar-refractivity contribution in [2.75, 3.05) is 0 Å². The van der Waals surface area contributed by atoms with Crippen molar-refractivity contribution in [3.63, 3.8) is 0 Å². The van der Waals surface area contributed by atoms with Crippen molar-refractivity contribution in [2.24, 2.45) is 23.5 Å². The van der Waals surface area contributed by atoms with Crippen LogP contribution in [-0.4, -0.2) is 5.54 Å². The highest BCUT2D eigenvalue weighted by Gasteiger charge is 2.41. The lowest BCUT2D eigenvalue weighted by molar-refractivity contribution is 0.108. The van der Waals surface area contributed by atoms with Crippen LogP contribution in [0.25, 0.3) is 0 Å². The van der Waals surface area contributed by atoms with Gasteiger partial charge in [-0.25, -0.2) is 4.39 Å². The number of benzene rings is 1. The molecule has 1 aliphatic carbocycles. The van der Waals surface area contributed by atoms with Crippen LogP contribution in [0.3, 0.4) is 0 Å². The highest BCUT2D eigenvalue weighted by molar-refractivity contribution is 5.21. The summed E-state index contributed by atoms with van der Waals surface area (Å²) in [6.45, 7) is 6.74. The standard InChI is InChI=1S/C17H26FN/c1-12(2)15-9-8-13(3)10-17(15,19)11-14-6-4-5-7-16(14)18/h4-7,12-13,15H,8-11,19H2,1-3H3. The number of nitrogens with two attached hydrogens (primary N) is 1. The highest BCUT2D eigenvalue weighted by Crippen LogP contribution is 2.41. The van der Waals surface area contributed by atoms with E-state index in [1.807, 2.05) is 12.1 Å². The van der Waals surface area contributed by atoms with Crippen molar-refractivity contribution in [3.8, 4) is 0 Å². The SMILES string of the molecule is CC1CCC(C(C)C)C(N)(Cc2ccccc2F)C1. The van der Waals surface area contributed by atoms with Gasteiger partial charge in [-0.15, -0.1) is 0 Å². The van der Waals surface area contributed by atoms with Crippen molar-refractivity contribution in [1.29, 1.82) is 0 Å². The summed E-state index contributed by atoms with van der Waals surface area (Å²) in [5, 5.41) is 0. The van der Waals surface area contributed by atoms with Crippen LogP contribution in [0.1, 0.15) is 45.6 Å². The molecule has 0 aromatic heterocycles. The van der Waals surface area contributed by atoms with Gasteiger partial charge in [-0.1, -0.05) is 45.4 Å². The molecule has 0 bridgehead atoms. The Morgan fingerprint density at radius 3 is 2.63 bits per heavy atom. The molecule has 1 aromatic rings. The molecule has 0 spiro atoms. The van der Waals surface area contributed by atoms with E-state index in [1.54, 1.807) is 6.07 Å². The Hall–Kier alpha value is -0.890. The second-order valence-corrected chi connectivity index (χ2v) is 6.74. The zero-order valence-corrected chi connectivity index (χ0v) is 12.3. The maximum atomic E-state index is 13.9. The fraction of sp³-hybridized carbons (Fsp3) is 0.647. The quantitative estimate of drug-likeness (QED) is 0.870. The normalized spacial score (nSPS) is 31.7. The number of hydrogen-bond acceptors (Lipinski definition) is 1. The van der Waals surface area contributed by atoms with Crippen LogP contribution in [0, 0.1) is 23.6 Å². The lowest BCUT2D eigenvalue weighted by Crippen LogP contribution is -2.54. The Morgan fingerprint density at radius 1 is 1.32 bits per heavy atom. The Kier molecular flexibility index (Phi) is 4.29. The minimum absolute atomic E-state index is 0.118. The van der Waals surface area contributed by atoms with Gasteiger partial charge in [-0.3, -0.25) is 0 Å². The summed E-state index contributed by atoms with van der Waals surface area (Å²) in [6.07, 6.45) is 4.08. The molecule has 2 N–H and O–H groups in total. The highest BCUT2D eigenvalue weighted by atomic mass is 19.1. The van der Waals surface area contributed by atoms with E-state index >= 15 is 0 Å². The van der Waals surface area contributed by atoms with Crippen LogP contribution in [0.15, 0.2) is 24.3 Å². The summed E-state index contributed by atoms with van der Waals surface area (Å²) in [7, 11) is 0. The van der Waals surface area contributed by atoms with E-state index in [0.717, 1.165) is 12.0 Å². The van der Waals surface area contributed by atoms with E-state index in [2.05, 4.69) is 20.8 Å². The third-order valence-electron chi connectivity index (χ3n) is 4.72. The lowest BCUT2D eigenvalue weighted by Gasteiger charge is -2.46. The lowest BCUT2D eigenvalue weighted by atomic mass is 9.63. The second-order valence-electron chi connectivity index (χ2n) is 6.74. The molecule has 0 radical (unpaired) electrons. The largest absolute Gasteiger partial charge is 0.325 e. The predicted molar refractivity (Wildman–Crippen MR) is 78.4 cm³/mol. The molecule has 0 aliphatic heterocycles. The number of hydrogen-bond donors (Lipinski definition) is 1. The van der Waals surface area contributed by atoms with Crippen LogP contribution < -0.4 is 5.73 Å². The van der Waals surface area contributed by atoms with Crippen LogP contribution in [0.4, 0.5) is 4.39 Å². The summed E-state index contributed by atoms with van der Waals surface area (Å²) in [5.74, 6) is 1.58. The van der Waals surface area contributed by atoms with Crippen LogP contribution in [-0.2, 0) is 6.42 Å². The fourth-order valence-electron chi connectivity index (χ4n) is 3.85. The fourth-order valence-corrected chi connectivity index (χ4v) is 3.85. The van der Waals surface area contributed by atoms with Crippen molar-refractivity contribution in [3.05, 3.63) is 35.6 Å². The van der Waals surface area contributed by atoms with Crippen LogP contribution in [0.5, 0.6) is 0 Å². The third-order valence-corrected chi connectivity index (χ3v) is 4.72. The third kappa shape index (κ3) is 3.17. The van der Waals surface area contributed by atoms with E-state index in [-0.39, 0.29) is 11.4 Å². The second kappa shape index (κ2) is 5.62. The molecule has 1 saturated carbocycles. The van der Waals surface area contributed by atoms with Crippen molar-refractivity contribution < 1.29 is 4.39 Å². The molecule has 3 unspecified atom stereocenters. The van der Waals surface area contributed by atoms with Crippen molar-refractivity contribution in [2.45, 2.75) is 52.0 Å². The van der Waals surface area contributed by atoms with Gasteiger partial charge in [0.1, 0.15) is 5.82 Å². The molecule has 0 saturated heterocycles. The first kappa shape index (κ1) is 14.5. The molecule has 0 amide bonds. The Labute approximate surface area is 116 Å². The molecule has 19 heavy (non-hydrogen) atoms. The Balaban J connectivity index is 2.24. The number of rotatable bonds is 3. The summed E-state index contributed by atoms with van der Waals surface area (Å²) >= 11 is 0. The molecule has 1 fully saturated rings. The maximum Gasteiger partial charge on any atom is 0.126 e. The van der Waals surface area contributed by atoms with Gasteiger partial charge in [-0.05, 0) is 48.6 Å². The summed E-state index contributed by atoms with van der Waals surface area (Å²) in [6, 6.07) is 7.06. The number of halogens is 1. The molecule has 2 heteroatoms. The minimum atomic E-state index is -0.256. The van der Waals surface area contributed by atoms with Gasteiger partial charge >= 0.3 is 0 Å². The van der Waals surface area contributed by atoms with E-state index in [0.29, 0.717) is 24.2 Å². The van der Waals surface area contributed by atoms with Gasteiger partial charge in [0.25, 0.3) is 0 Å². The first-order chi connectivity index (χ1) is 8.92. The molecule has 106 valence electrons. The van der Waals surface area contributed by atoms with E-state index < -0.39 is 0 Å². The minimum Gasteiger partial charge on any atom is -0.325 e. The first-order valence-corrected chi connectivity index (χ1v) is 7.44. The Morgan fingerprint density at radius 2 is 2.00 bits per heavy atom. The van der Waals surface area contributed by atoms with E-state index in [1.165, 1.54) is 18.9 Å². The molecule has 1 aliphatic rings. The van der Waals surface area contributed by atoms with Crippen LogP contribution >= 0.6 is 0 Å². The average Bonchev–Trinajstić information content (AvgIpc) is 2.31. The molecule has 0 heterocycles. The molecule has 3 atom stereocenters. The monoisotopic (exact) mass is 263 g/mol. The van der Waals surface area contributed by atoms with Crippen molar-refractivity contribution >= 4 is 0 Å². The van der Waals surface area contributed by atoms with Gasteiger partial charge in [0.05, 0.1) is 0 Å². The topological polar surface area (TPSA) is 26.0 Å². The van der Waals surface area contributed by atoms with Crippen molar-refractivity contribution in [1.82, 2.24) is 0 Å². The zero-order chi connectivity index (χ0) is 14.0. The summed E-state index contributed by atoms with van der Waals surface area (Å²) in [4.78, 5) is 0. The van der Waals surface area contributed by atoms with Gasteiger partial charge in [0.15, 0.2) is 0 Å². The molecule has 1 nitrogen and oxygen atoms in total. The van der Waals surface area contributed by atoms with Gasteiger partial charge in [0.2, 0.25) is 0 Å². The molecular formula is C17H26FN. The molecular weight excluding hydrogens is 237 g/mol. The van der Waals surface area contributed by atoms with Gasteiger partial charge in [0, 0.05) is 5.54 Å². The first-order valence-electron chi connectivity index (χ1n) is 7.44. The van der Waals surface area contributed by atoms with Gasteiger partial charge in [-0.2, -0.15) is 0 Å². The Bertz CT molecular complexity index is 429. The van der Waals surface area contributed by atoms with E-state index in [4.69, 9.17) is 5.73 Å². The summed E-state index contributed by atoms with van der Waals surface area (Å²) < 4.78 is 13.9. The molecule has 1 aromatic carbocycles. The predicted octanol–water partition coefficient (Wildman–Crippen LogP) is 4.16.